The summed E-state index contributed by atoms with van der Waals surface area (Å²) in [5, 5.41) is 24.1. The molecule has 14 nitrogen and oxygen atoms in total. The SMILES string of the molecule is Cc1noc(C)c1S(=O)(=O)NC(CN(CCCNc1ncc[nH]1)C(=O)c1ccc2cn[nH]c2c1)C(=O)O. The highest BCUT2D eigenvalue weighted by Gasteiger charge is 2.32. The monoisotopic (exact) mass is 530 g/mol. The second kappa shape index (κ2) is 10.8. The van der Waals surface area contributed by atoms with Crippen molar-refractivity contribution in [2.45, 2.75) is 31.2 Å². The average molecular weight is 531 g/mol. The van der Waals surface area contributed by atoms with Crippen molar-refractivity contribution >= 4 is 38.8 Å². The fourth-order valence-corrected chi connectivity index (χ4v) is 5.37. The molecule has 3 heterocycles. The molecule has 0 aliphatic rings. The van der Waals surface area contributed by atoms with Gasteiger partial charge in [-0.15, -0.1) is 0 Å². The fraction of sp³-hybridized carbons (Fsp3) is 0.318. The lowest BCUT2D eigenvalue weighted by Gasteiger charge is -2.26. The van der Waals surface area contributed by atoms with Crippen LogP contribution in [0.4, 0.5) is 5.95 Å². The molecule has 37 heavy (non-hydrogen) atoms. The molecule has 0 fully saturated rings. The zero-order valence-corrected chi connectivity index (χ0v) is 20.9. The summed E-state index contributed by atoms with van der Waals surface area (Å²) in [5.74, 6) is -1.32. The number of carboxylic acid groups (broad SMARTS) is 1. The van der Waals surface area contributed by atoms with Gasteiger partial charge in [0.1, 0.15) is 16.6 Å². The number of carbonyl (C=O) groups is 2. The molecule has 15 heteroatoms. The number of hydrogen-bond acceptors (Lipinski definition) is 9. The molecule has 3 aromatic heterocycles. The number of nitrogens with one attached hydrogen (secondary N) is 4. The molecule has 0 saturated carbocycles. The number of carbonyl (C=O) groups excluding carboxylic acids is 1. The van der Waals surface area contributed by atoms with Crippen molar-refractivity contribution in [2.24, 2.45) is 0 Å². The van der Waals surface area contributed by atoms with Crippen LogP contribution < -0.4 is 10.0 Å². The van der Waals surface area contributed by atoms with Gasteiger partial charge in [-0.3, -0.25) is 14.7 Å². The molecule has 1 unspecified atom stereocenters. The number of fused-ring (bicyclic) bond motifs is 1. The third kappa shape index (κ3) is 5.95. The number of benzene rings is 1. The Hall–Kier alpha value is -4.24. The van der Waals surface area contributed by atoms with Crippen molar-refractivity contribution in [3.8, 4) is 0 Å². The number of imidazole rings is 1. The molecule has 4 aromatic rings. The van der Waals surface area contributed by atoms with E-state index in [2.05, 4.69) is 35.4 Å². The lowest BCUT2D eigenvalue weighted by molar-refractivity contribution is -0.139. The number of hydrogen-bond donors (Lipinski definition) is 5. The Balaban J connectivity index is 1.55. The Morgan fingerprint density at radius 2 is 2.08 bits per heavy atom. The van der Waals surface area contributed by atoms with Gasteiger partial charge in [0, 0.05) is 43.0 Å². The van der Waals surface area contributed by atoms with Gasteiger partial charge in [-0.05, 0) is 32.4 Å². The van der Waals surface area contributed by atoms with Crippen LogP contribution in [-0.4, -0.2) is 81.3 Å². The molecule has 0 saturated heterocycles. The third-order valence-electron chi connectivity index (χ3n) is 5.61. The number of carboxylic acids is 1. The minimum absolute atomic E-state index is 0.0268. The first-order valence-corrected chi connectivity index (χ1v) is 12.8. The van der Waals surface area contributed by atoms with E-state index < -0.39 is 34.5 Å². The lowest BCUT2D eigenvalue weighted by atomic mass is 10.1. The van der Waals surface area contributed by atoms with Crippen LogP contribution in [0.25, 0.3) is 10.9 Å². The Labute approximate surface area is 211 Å². The number of aromatic amines is 2. The maximum Gasteiger partial charge on any atom is 0.323 e. The molecule has 4 rings (SSSR count). The zero-order chi connectivity index (χ0) is 26.6. The summed E-state index contributed by atoms with van der Waals surface area (Å²) in [4.78, 5) is 33.6. The number of aromatic nitrogens is 5. The Kier molecular flexibility index (Phi) is 7.54. The van der Waals surface area contributed by atoms with E-state index >= 15 is 0 Å². The number of aryl methyl sites for hydroxylation is 2. The molecule has 0 aliphatic heterocycles. The van der Waals surface area contributed by atoms with E-state index in [1.165, 1.54) is 18.7 Å². The van der Waals surface area contributed by atoms with Gasteiger partial charge >= 0.3 is 5.97 Å². The smallest absolute Gasteiger partial charge is 0.323 e. The van der Waals surface area contributed by atoms with Crippen LogP contribution in [0.3, 0.4) is 0 Å². The van der Waals surface area contributed by atoms with Crippen LogP contribution in [-0.2, 0) is 14.8 Å². The van der Waals surface area contributed by atoms with Crippen LogP contribution >= 0.6 is 0 Å². The van der Waals surface area contributed by atoms with Crippen LogP contribution in [0.1, 0.15) is 28.2 Å². The Morgan fingerprint density at radius 3 is 2.76 bits per heavy atom. The van der Waals surface area contributed by atoms with E-state index in [4.69, 9.17) is 4.52 Å². The van der Waals surface area contributed by atoms with Crippen molar-refractivity contribution in [1.29, 1.82) is 0 Å². The van der Waals surface area contributed by atoms with E-state index in [0.29, 0.717) is 30.0 Å². The Morgan fingerprint density at radius 1 is 1.27 bits per heavy atom. The van der Waals surface area contributed by atoms with Crippen molar-refractivity contribution in [2.75, 3.05) is 25.0 Å². The first-order chi connectivity index (χ1) is 17.7. The minimum Gasteiger partial charge on any atom is -0.480 e. The second-order valence-electron chi connectivity index (χ2n) is 8.31. The molecule has 1 amide bonds. The van der Waals surface area contributed by atoms with E-state index in [1.807, 2.05) is 0 Å². The zero-order valence-electron chi connectivity index (χ0n) is 20.1. The van der Waals surface area contributed by atoms with E-state index in [9.17, 15) is 23.1 Å². The standard InChI is InChI=1S/C22H26N8O6S/c1-13-19(14(2)36-28-13)37(34,35)29-18(21(32)33)12-30(9-3-6-23-22-24-7-8-25-22)20(31)15-4-5-16-11-26-27-17(16)10-15/h4-5,7-8,10-11,18,29H,3,6,9,12H2,1-2H3,(H,26,27)(H,32,33)(H2,23,24,25). The molecule has 0 radical (unpaired) electrons. The van der Waals surface area contributed by atoms with Crippen molar-refractivity contribution in [3.63, 3.8) is 0 Å². The van der Waals surface area contributed by atoms with E-state index in [-0.39, 0.29) is 22.9 Å². The van der Waals surface area contributed by atoms with Crippen LogP contribution in [0.2, 0.25) is 0 Å². The van der Waals surface area contributed by atoms with Gasteiger partial charge in [-0.25, -0.2) is 13.4 Å². The molecule has 196 valence electrons. The highest BCUT2D eigenvalue weighted by atomic mass is 32.2. The van der Waals surface area contributed by atoms with Crippen molar-refractivity contribution in [3.05, 3.63) is 53.8 Å². The number of aliphatic carboxylic acids is 1. The largest absolute Gasteiger partial charge is 0.480 e. The summed E-state index contributed by atoms with van der Waals surface area (Å²) in [6.45, 7) is 3.01. The maximum absolute atomic E-state index is 13.5. The lowest BCUT2D eigenvalue weighted by Crippen LogP contribution is -2.50. The van der Waals surface area contributed by atoms with Gasteiger partial charge in [0.2, 0.25) is 10.0 Å². The molecular weight excluding hydrogens is 504 g/mol. The Bertz CT molecular complexity index is 1470. The number of H-pyrrole nitrogens is 2. The number of anilines is 1. The predicted octanol–water partition coefficient (Wildman–Crippen LogP) is 1.27. The fourth-order valence-electron chi connectivity index (χ4n) is 3.86. The minimum atomic E-state index is -4.30. The summed E-state index contributed by atoms with van der Waals surface area (Å²) in [6.07, 6.45) is 5.30. The normalized spacial score (nSPS) is 12.5. The number of sulfonamides is 1. The first-order valence-electron chi connectivity index (χ1n) is 11.3. The number of amides is 1. The highest BCUT2D eigenvalue weighted by molar-refractivity contribution is 7.89. The maximum atomic E-state index is 13.5. The van der Waals surface area contributed by atoms with Gasteiger partial charge < -0.3 is 24.8 Å². The van der Waals surface area contributed by atoms with E-state index in [1.54, 1.807) is 36.8 Å². The first kappa shape index (κ1) is 25.8. The van der Waals surface area contributed by atoms with Gasteiger partial charge in [0.15, 0.2) is 11.7 Å². The number of rotatable bonds is 12. The predicted molar refractivity (Wildman–Crippen MR) is 131 cm³/mol. The molecular formula is C22H26N8O6S. The molecule has 0 aliphatic carbocycles. The summed E-state index contributed by atoms with van der Waals surface area (Å²) in [5.41, 5.74) is 1.03. The number of nitrogens with zero attached hydrogens (tertiary/aromatic N) is 4. The van der Waals surface area contributed by atoms with Gasteiger partial charge in [0.05, 0.1) is 11.7 Å². The average Bonchev–Trinajstić information content (AvgIpc) is 3.60. The van der Waals surface area contributed by atoms with E-state index in [0.717, 1.165) is 5.39 Å². The molecule has 0 bridgehead atoms. The quantitative estimate of drug-likeness (QED) is 0.166. The van der Waals surface area contributed by atoms with Gasteiger partial charge in [-0.1, -0.05) is 11.2 Å². The third-order valence-corrected chi connectivity index (χ3v) is 7.32. The second-order valence-corrected chi connectivity index (χ2v) is 9.96. The van der Waals surface area contributed by atoms with Crippen molar-refractivity contribution < 1.29 is 27.6 Å². The molecule has 1 aromatic carbocycles. The highest BCUT2D eigenvalue weighted by Crippen LogP contribution is 2.20. The molecule has 0 spiro atoms. The van der Waals surface area contributed by atoms with Gasteiger partial charge in [0.25, 0.3) is 5.91 Å². The summed E-state index contributed by atoms with van der Waals surface area (Å²) in [7, 11) is -4.30. The van der Waals surface area contributed by atoms with Crippen molar-refractivity contribution in [1.82, 2.24) is 34.9 Å². The van der Waals surface area contributed by atoms with Crippen LogP contribution in [0, 0.1) is 13.8 Å². The van der Waals surface area contributed by atoms with Gasteiger partial charge in [-0.2, -0.15) is 9.82 Å². The summed E-state index contributed by atoms with van der Waals surface area (Å²) >= 11 is 0. The molecule has 1 atom stereocenters. The van der Waals surface area contributed by atoms with Crippen LogP contribution in [0.5, 0.6) is 0 Å². The summed E-state index contributed by atoms with van der Waals surface area (Å²) in [6, 6.07) is 3.31. The van der Waals surface area contributed by atoms with Crippen LogP contribution in [0.15, 0.2) is 46.2 Å². The topological polar surface area (TPSA) is 199 Å². The summed E-state index contributed by atoms with van der Waals surface area (Å²) < 4.78 is 33.0. The molecule has 5 N–H and O–H groups in total.